The first-order chi connectivity index (χ1) is 17.5. The lowest BCUT2D eigenvalue weighted by molar-refractivity contribution is -0.139. The highest BCUT2D eigenvalue weighted by Gasteiger charge is 2.40. The van der Waals surface area contributed by atoms with Gasteiger partial charge in [0.2, 0.25) is 11.7 Å². The second-order valence-electron chi connectivity index (χ2n) is 9.32. The van der Waals surface area contributed by atoms with Crippen molar-refractivity contribution in [2.24, 2.45) is 7.05 Å². The van der Waals surface area contributed by atoms with Crippen molar-refractivity contribution >= 4 is 28.6 Å². The predicted molar refractivity (Wildman–Crippen MR) is 131 cm³/mol. The lowest BCUT2D eigenvalue weighted by atomic mass is 9.96. The first kappa shape index (κ1) is 22.3. The molecule has 2 aromatic carbocycles. The molecule has 1 atom stereocenters. The molecular weight excluding hydrogens is 460 g/mol. The van der Waals surface area contributed by atoms with Crippen molar-refractivity contribution in [2.75, 3.05) is 24.5 Å². The number of hydrogen-bond donors (Lipinski definition) is 0. The minimum absolute atomic E-state index is 0.0740. The molecule has 10 nitrogen and oxygen atoms in total. The zero-order valence-electron chi connectivity index (χ0n) is 20.1. The molecule has 0 saturated carbocycles. The van der Waals surface area contributed by atoms with Gasteiger partial charge in [-0.1, -0.05) is 35.5 Å². The number of rotatable bonds is 4. The molecule has 184 valence electrons. The lowest BCUT2D eigenvalue weighted by Gasteiger charge is -2.31. The average molecular weight is 487 g/mol. The summed E-state index contributed by atoms with van der Waals surface area (Å²) in [5.41, 5.74) is 3.59. The molecule has 0 unspecified atom stereocenters. The van der Waals surface area contributed by atoms with Gasteiger partial charge in [-0.3, -0.25) is 14.4 Å². The van der Waals surface area contributed by atoms with Crippen LogP contribution in [0.3, 0.4) is 0 Å². The molecule has 2 aromatic heterocycles. The monoisotopic (exact) mass is 486 g/mol. The van der Waals surface area contributed by atoms with Gasteiger partial charge >= 0.3 is 6.09 Å². The highest BCUT2D eigenvalue weighted by Crippen LogP contribution is 2.31. The van der Waals surface area contributed by atoms with Gasteiger partial charge in [0.25, 0.3) is 5.91 Å². The Balaban J connectivity index is 1.09. The summed E-state index contributed by atoms with van der Waals surface area (Å²) < 4.78 is 12.9. The number of cyclic esters (lactones) is 1. The Morgan fingerprint density at radius 2 is 1.86 bits per heavy atom. The number of ether oxygens (including phenoxy) is 1. The van der Waals surface area contributed by atoms with Crippen molar-refractivity contribution in [1.29, 1.82) is 0 Å². The second kappa shape index (κ2) is 8.78. The minimum Gasteiger partial charge on any atom is -0.434 e. The molecule has 36 heavy (non-hydrogen) atoms. The molecule has 0 bridgehead atoms. The van der Waals surface area contributed by atoms with E-state index in [1.807, 2.05) is 67.2 Å². The SMILES string of the molecule is Cc1nn(C)c2cc(-c3noc(C4CCN(C(=O)[C@@H]5CN(c6ccccc6)C(=O)O5)CC4)n3)ccc12. The molecule has 2 amide bonds. The van der Waals surface area contributed by atoms with Crippen LogP contribution in [-0.4, -0.2) is 62.6 Å². The number of anilines is 1. The van der Waals surface area contributed by atoms with E-state index in [0.717, 1.165) is 27.8 Å². The van der Waals surface area contributed by atoms with E-state index in [-0.39, 0.29) is 18.4 Å². The van der Waals surface area contributed by atoms with Crippen molar-refractivity contribution < 1.29 is 18.8 Å². The number of carbonyl (C=O) groups is 2. The summed E-state index contributed by atoms with van der Waals surface area (Å²) in [6.45, 7) is 3.29. The smallest absolute Gasteiger partial charge is 0.415 e. The quantitative estimate of drug-likeness (QED) is 0.433. The van der Waals surface area contributed by atoms with Crippen LogP contribution in [0.25, 0.3) is 22.3 Å². The van der Waals surface area contributed by atoms with Crippen LogP contribution < -0.4 is 4.90 Å². The van der Waals surface area contributed by atoms with Gasteiger partial charge in [0.15, 0.2) is 6.10 Å². The van der Waals surface area contributed by atoms with Gasteiger partial charge in [-0.25, -0.2) is 4.79 Å². The van der Waals surface area contributed by atoms with Gasteiger partial charge in [0, 0.05) is 42.7 Å². The third-order valence-electron chi connectivity index (χ3n) is 7.05. The Hall–Kier alpha value is -4.21. The lowest BCUT2D eigenvalue weighted by Crippen LogP contribution is -2.45. The number of benzene rings is 2. The zero-order valence-corrected chi connectivity index (χ0v) is 20.1. The van der Waals surface area contributed by atoms with Crippen molar-refractivity contribution in [2.45, 2.75) is 31.8 Å². The summed E-state index contributed by atoms with van der Waals surface area (Å²) in [6.07, 6.45) is 0.120. The summed E-state index contributed by atoms with van der Waals surface area (Å²) in [5, 5.41) is 9.77. The summed E-state index contributed by atoms with van der Waals surface area (Å²) in [5.74, 6) is 1.04. The highest BCUT2D eigenvalue weighted by molar-refractivity contribution is 5.95. The summed E-state index contributed by atoms with van der Waals surface area (Å²) >= 11 is 0. The number of nitrogens with zero attached hydrogens (tertiary/aromatic N) is 6. The van der Waals surface area contributed by atoms with E-state index in [4.69, 9.17) is 9.26 Å². The third kappa shape index (κ3) is 3.88. The Labute approximate surface area is 207 Å². The molecule has 2 aliphatic rings. The third-order valence-corrected chi connectivity index (χ3v) is 7.05. The molecule has 0 aliphatic carbocycles. The summed E-state index contributed by atoms with van der Waals surface area (Å²) in [4.78, 5) is 33.3. The Kier molecular flexibility index (Phi) is 5.43. The van der Waals surface area contributed by atoms with Crippen molar-refractivity contribution in [3.8, 4) is 11.4 Å². The molecule has 0 radical (unpaired) electrons. The molecule has 2 saturated heterocycles. The number of para-hydroxylation sites is 1. The van der Waals surface area contributed by atoms with E-state index in [1.165, 1.54) is 4.90 Å². The normalized spacial score (nSPS) is 18.7. The molecule has 6 rings (SSSR count). The van der Waals surface area contributed by atoms with E-state index in [2.05, 4.69) is 15.2 Å². The average Bonchev–Trinajstić information content (AvgIpc) is 3.62. The van der Waals surface area contributed by atoms with Crippen LogP contribution >= 0.6 is 0 Å². The van der Waals surface area contributed by atoms with Crippen LogP contribution in [-0.2, 0) is 16.6 Å². The molecule has 0 spiro atoms. The Morgan fingerprint density at radius 1 is 1.08 bits per heavy atom. The van der Waals surface area contributed by atoms with E-state index >= 15 is 0 Å². The number of fused-ring (bicyclic) bond motifs is 1. The van der Waals surface area contributed by atoms with Crippen molar-refractivity contribution in [3.05, 3.63) is 60.1 Å². The van der Waals surface area contributed by atoms with Crippen LogP contribution in [0.2, 0.25) is 0 Å². The molecule has 10 heteroatoms. The van der Waals surface area contributed by atoms with Gasteiger partial charge in [0.1, 0.15) is 0 Å². The number of piperidine rings is 1. The number of aryl methyl sites for hydroxylation is 2. The fourth-order valence-corrected chi connectivity index (χ4v) is 5.06. The van der Waals surface area contributed by atoms with Crippen LogP contribution in [0.1, 0.15) is 30.3 Å². The summed E-state index contributed by atoms with van der Waals surface area (Å²) in [7, 11) is 1.92. The minimum atomic E-state index is -0.796. The van der Waals surface area contributed by atoms with E-state index in [1.54, 1.807) is 4.90 Å². The highest BCUT2D eigenvalue weighted by atomic mass is 16.6. The van der Waals surface area contributed by atoms with Gasteiger partial charge in [0.05, 0.1) is 17.8 Å². The van der Waals surface area contributed by atoms with Gasteiger partial charge in [-0.2, -0.15) is 10.1 Å². The molecule has 4 aromatic rings. The number of aromatic nitrogens is 4. The number of hydrogen-bond acceptors (Lipinski definition) is 7. The number of carbonyl (C=O) groups excluding carboxylic acids is 2. The van der Waals surface area contributed by atoms with Gasteiger partial charge < -0.3 is 14.2 Å². The van der Waals surface area contributed by atoms with E-state index < -0.39 is 12.2 Å². The van der Waals surface area contributed by atoms with Crippen molar-refractivity contribution in [1.82, 2.24) is 24.8 Å². The number of amides is 2. The number of likely N-dealkylation sites (tertiary alicyclic amines) is 1. The standard InChI is InChI=1S/C26H26N6O4/c1-16-20-9-8-18(14-21(20)30(2)28-16)23-27-24(36-29-23)17-10-12-31(13-11-17)25(33)22-15-32(26(34)35-22)19-6-4-3-5-7-19/h3-9,14,17,22H,10-13,15H2,1-2H3/t22-/m0/s1. The fourth-order valence-electron chi connectivity index (χ4n) is 5.06. The summed E-state index contributed by atoms with van der Waals surface area (Å²) in [6, 6.07) is 15.3. The maximum atomic E-state index is 13.1. The first-order valence-corrected chi connectivity index (χ1v) is 12.1. The molecule has 2 fully saturated rings. The Bertz CT molecular complexity index is 1440. The van der Waals surface area contributed by atoms with Gasteiger partial charge in [-0.05, 0) is 38.0 Å². The first-order valence-electron chi connectivity index (χ1n) is 12.1. The van der Waals surface area contributed by atoms with E-state index in [9.17, 15) is 9.59 Å². The maximum absolute atomic E-state index is 13.1. The second-order valence-corrected chi connectivity index (χ2v) is 9.32. The molecule has 0 N–H and O–H groups in total. The molecular formula is C26H26N6O4. The maximum Gasteiger partial charge on any atom is 0.415 e. The Morgan fingerprint density at radius 3 is 2.64 bits per heavy atom. The van der Waals surface area contributed by atoms with Gasteiger partial charge in [-0.15, -0.1) is 0 Å². The van der Waals surface area contributed by atoms with Crippen molar-refractivity contribution in [3.63, 3.8) is 0 Å². The topological polar surface area (TPSA) is 107 Å². The fraction of sp³-hybridized carbons (Fsp3) is 0.346. The van der Waals surface area contributed by atoms with Crippen LogP contribution in [0.5, 0.6) is 0 Å². The zero-order chi connectivity index (χ0) is 24.8. The van der Waals surface area contributed by atoms with Crippen LogP contribution in [0.4, 0.5) is 10.5 Å². The van der Waals surface area contributed by atoms with E-state index in [0.29, 0.717) is 37.6 Å². The van der Waals surface area contributed by atoms with Crippen LogP contribution in [0, 0.1) is 6.92 Å². The predicted octanol–water partition coefficient (Wildman–Crippen LogP) is 3.66. The molecule has 4 heterocycles. The largest absolute Gasteiger partial charge is 0.434 e. The molecule has 2 aliphatic heterocycles. The van der Waals surface area contributed by atoms with Crippen LogP contribution in [0.15, 0.2) is 53.1 Å².